The zero-order chi connectivity index (χ0) is 30.8. The van der Waals surface area contributed by atoms with Gasteiger partial charge in [0.2, 0.25) is 0 Å². The van der Waals surface area contributed by atoms with E-state index in [4.69, 9.17) is 18.9 Å². The Labute approximate surface area is 264 Å². The molecule has 14 atom stereocenters. The van der Waals surface area contributed by atoms with E-state index < -0.39 is 23.4 Å². The van der Waals surface area contributed by atoms with Crippen LogP contribution >= 0.6 is 22.6 Å². The van der Waals surface area contributed by atoms with Gasteiger partial charge in [-0.1, -0.05) is 50.3 Å². The van der Waals surface area contributed by atoms with Crippen molar-refractivity contribution >= 4 is 40.5 Å². The summed E-state index contributed by atoms with van der Waals surface area (Å²) in [6.45, 7) is 13.3. The van der Waals surface area contributed by atoms with Crippen LogP contribution in [0.25, 0.3) is 0 Å². The molecule has 238 valence electrons. The molecule has 4 saturated carbocycles. The first-order chi connectivity index (χ1) is 19.6. The molecule has 5 fully saturated rings. The molecule has 0 spiro atoms. The minimum Gasteiger partial charge on any atom is -0.463 e. The van der Waals surface area contributed by atoms with E-state index in [2.05, 4.69) is 50.3 Å². The average molecular weight is 703 g/mol. The van der Waals surface area contributed by atoms with Crippen LogP contribution in [0.4, 0.5) is 0 Å². The standard InChI is InChI=1S/C33H51IO8/c1-17(16-34)12-27(40-20(4)36)29-18(2)30-32(7)26(15-33(30,38)42-29)24-9-8-22-13-23(39-19(3)35)10-11-31(22,6)25(24)14-28(32)41-21(5)37/h17-18,22-30,38H,8-16H2,1-7H3/t17-,18-,22+,23+,24-,25+,26+,27-,28-,29+,30-,31+,32-,33+/m1/s1. The lowest BCUT2D eigenvalue weighted by Crippen LogP contribution is -2.60. The summed E-state index contributed by atoms with van der Waals surface area (Å²) in [5.41, 5.74) is -0.409. The molecule has 5 rings (SSSR count). The molecule has 8 nitrogen and oxygen atoms in total. The molecular weight excluding hydrogens is 651 g/mol. The van der Waals surface area contributed by atoms with Crippen LogP contribution in [0.1, 0.15) is 99.8 Å². The number of hydrogen-bond acceptors (Lipinski definition) is 8. The molecule has 0 radical (unpaired) electrons. The maximum atomic E-state index is 12.6. The first-order valence-electron chi connectivity index (χ1n) is 16.1. The summed E-state index contributed by atoms with van der Waals surface area (Å²) in [5, 5.41) is 12.3. The molecule has 0 aromatic carbocycles. The molecule has 1 aliphatic heterocycles. The predicted molar refractivity (Wildman–Crippen MR) is 164 cm³/mol. The molecule has 9 heteroatoms. The van der Waals surface area contributed by atoms with Gasteiger partial charge in [-0.25, -0.2) is 0 Å². The van der Waals surface area contributed by atoms with Crippen molar-refractivity contribution in [3.8, 4) is 0 Å². The second-order valence-corrected chi connectivity index (χ2v) is 15.9. The quantitative estimate of drug-likeness (QED) is 0.153. The molecule has 1 saturated heterocycles. The highest BCUT2D eigenvalue weighted by atomic mass is 127. The Hall–Kier alpha value is -0.940. The summed E-state index contributed by atoms with van der Waals surface area (Å²) in [4.78, 5) is 36.4. The first-order valence-corrected chi connectivity index (χ1v) is 17.6. The van der Waals surface area contributed by atoms with Gasteiger partial charge in [-0.15, -0.1) is 0 Å². The first kappa shape index (κ1) is 32.5. The van der Waals surface area contributed by atoms with E-state index in [0.717, 1.165) is 43.0 Å². The van der Waals surface area contributed by atoms with Crippen molar-refractivity contribution in [3.05, 3.63) is 0 Å². The Morgan fingerprint density at radius 2 is 1.69 bits per heavy atom. The number of rotatable bonds is 7. The monoisotopic (exact) mass is 702 g/mol. The van der Waals surface area contributed by atoms with E-state index in [-0.39, 0.29) is 53.3 Å². The smallest absolute Gasteiger partial charge is 0.302 e. The molecule has 42 heavy (non-hydrogen) atoms. The summed E-state index contributed by atoms with van der Waals surface area (Å²) in [5.74, 6) is -0.871. The van der Waals surface area contributed by atoms with E-state index in [9.17, 15) is 19.5 Å². The number of fused-ring (bicyclic) bond motifs is 7. The molecule has 0 unspecified atom stereocenters. The van der Waals surface area contributed by atoms with Gasteiger partial charge in [-0.2, -0.15) is 0 Å². The van der Waals surface area contributed by atoms with Crippen LogP contribution in [0.15, 0.2) is 0 Å². The van der Waals surface area contributed by atoms with E-state index in [0.29, 0.717) is 36.5 Å². The normalized spacial score (nSPS) is 47.2. The number of halogens is 1. The fourth-order valence-electron chi connectivity index (χ4n) is 10.9. The highest BCUT2D eigenvalue weighted by Gasteiger charge is 2.75. The molecule has 0 aromatic rings. The van der Waals surface area contributed by atoms with Gasteiger partial charge in [-0.3, -0.25) is 14.4 Å². The molecular formula is C33H51IO8. The predicted octanol–water partition coefficient (Wildman–Crippen LogP) is 5.84. The number of carbonyl (C=O) groups is 3. The lowest BCUT2D eigenvalue weighted by atomic mass is 9.43. The number of carbonyl (C=O) groups excluding carboxylic acids is 3. The van der Waals surface area contributed by atoms with E-state index >= 15 is 0 Å². The molecule has 1 N–H and O–H groups in total. The van der Waals surface area contributed by atoms with Crippen molar-refractivity contribution in [1.82, 2.24) is 0 Å². The van der Waals surface area contributed by atoms with Gasteiger partial charge in [0.25, 0.3) is 0 Å². The van der Waals surface area contributed by atoms with Crippen LogP contribution in [0.3, 0.4) is 0 Å². The zero-order valence-corrected chi connectivity index (χ0v) is 28.6. The third kappa shape index (κ3) is 5.43. The molecule has 4 aliphatic carbocycles. The van der Waals surface area contributed by atoms with Crippen molar-refractivity contribution in [3.63, 3.8) is 0 Å². The zero-order valence-electron chi connectivity index (χ0n) is 26.4. The van der Waals surface area contributed by atoms with Crippen molar-refractivity contribution in [1.29, 1.82) is 0 Å². The Kier molecular flexibility index (Phi) is 9.09. The minimum atomic E-state index is -1.37. The lowest BCUT2D eigenvalue weighted by Gasteiger charge is -2.62. The van der Waals surface area contributed by atoms with Gasteiger partial charge >= 0.3 is 17.9 Å². The van der Waals surface area contributed by atoms with E-state index in [1.165, 1.54) is 20.8 Å². The Morgan fingerprint density at radius 1 is 1.00 bits per heavy atom. The lowest BCUT2D eigenvalue weighted by molar-refractivity contribution is -0.227. The largest absolute Gasteiger partial charge is 0.463 e. The number of aliphatic hydroxyl groups is 1. The van der Waals surface area contributed by atoms with Gasteiger partial charge in [0.05, 0.1) is 0 Å². The van der Waals surface area contributed by atoms with Crippen LogP contribution in [-0.2, 0) is 33.3 Å². The van der Waals surface area contributed by atoms with Crippen molar-refractivity contribution < 1.29 is 38.4 Å². The Bertz CT molecular complexity index is 1070. The summed E-state index contributed by atoms with van der Waals surface area (Å²) in [6, 6.07) is 0. The fourth-order valence-corrected chi connectivity index (χ4v) is 11.3. The van der Waals surface area contributed by atoms with Crippen LogP contribution in [0, 0.1) is 52.3 Å². The van der Waals surface area contributed by atoms with Crippen molar-refractivity contribution in [2.45, 2.75) is 130 Å². The van der Waals surface area contributed by atoms with Crippen LogP contribution < -0.4 is 0 Å². The van der Waals surface area contributed by atoms with E-state index in [1.807, 2.05) is 0 Å². The highest BCUT2D eigenvalue weighted by molar-refractivity contribution is 14.1. The second kappa shape index (κ2) is 11.8. The van der Waals surface area contributed by atoms with Gasteiger partial charge < -0.3 is 24.1 Å². The summed E-state index contributed by atoms with van der Waals surface area (Å²) in [7, 11) is 0. The van der Waals surface area contributed by atoms with E-state index in [1.54, 1.807) is 0 Å². The molecule has 1 heterocycles. The SMILES string of the molecule is CC(=O)O[C@H]1CC[C@@]2(C)[C@@H](CC[C@@H]3[C@@H]2C[C@@H](OC(C)=O)[C@]2(C)[C@H]4[C@H](C)[C@@H]([C@@H](C[C@@H](C)CI)OC(C)=O)O[C@@]4(O)C[C@@H]32)C1. The van der Waals surface area contributed by atoms with Gasteiger partial charge in [-0.05, 0) is 85.9 Å². The van der Waals surface area contributed by atoms with Crippen LogP contribution in [0.2, 0.25) is 0 Å². The third-order valence-corrected chi connectivity index (χ3v) is 14.0. The number of ether oxygens (including phenoxy) is 4. The highest BCUT2D eigenvalue weighted by Crippen LogP contribution is 2.72. The average Bonchev–Trinajstić information content (AvgIpc) is 3.30. The summed E-state index contributed by atoms with van der Waals surface area (Å²) >= 11 is 2.36. The third-order valence-electron chi connectivity index (χ3n) is 12.5. The summed E-state index contributed by atoms with van der Waals surface area (Å²) in [6.07, 6.45) is 5.57. The maximum Gasteiger partial charge on any atom is 0.302 e. The molecule has 0 amide bonds. The van der Waals surface area contributed by atoms with Crippen LogP contribution in [0.5, 0.6) is 0 Å². The van der Waals surface area contributed by atoms with Gasteiger partial charge in [0.1, 0.15) is 24.4 Å². The molecule has 0 bridgehead atoms. The van der Waals surface area contributed by atoms with Crippen molar-refractivity contribution in [2.75, 3.05) is 4.43 Å². The second-order valence-electron chi connectivity index (χ2n) is 15.0. The Morgan fingerprint density at radius 3 is 2.31 bits per heavy atom. The van der Waals surface area contributed by atoms with Gasteiger partial charge in [0.15, 0.2) is 5.79 Å². The minimum absolute atomic E-state index is 0.0203. The van der Waals surface area contributed by atoms with Gasteiger partial charge in [0, 0.05) is 43.0 Å². The Balaban J connectivity index is 1.46. The topological polar surface area (TPSA) is 108 Å². The maximum absolute atomic E-state index is 12.6. The van der Waals surface area contributed by atoms with Crippen LogP contribution in [-0.4, -0.2) is 57.6 Å². The number of alkyl halides is 1. The molecule has 0 aromatic heterocycles. The fraction of sp³-hybridized carbons (Fsp3) is 0.909. The molecule has 5 aliphatic rings. The summed E-state index contributed by atoms with van der Waals surface area (Å²) < 4.78 is 25.3. The number of esters is 3. The van der Waals surface area contributed by atoms with Crippen molar-refractivity contribution in [2.24, 2.45) is 52.3 Å². The number of hydrogen-bond donors (Lipinski definition) is 1.